The van der Waals surface area contributed by atoms with Gasteiger partial charge in [-0.25, -0.2) is 0 Å². The second-order valence-electron chi connectivity index (χ2n) is 6.37. The van der Waals surface area contributed by atoms with E-state index in [0.717, 1.165) is 0 Å². The first-order valence-corrected chi connectivity index (χ1v) is 15.1. The molecule has 0 heterocycles. The Hall–Kier alpha value is -0.000519. The zero-order valence-corrected chi connectivity index (χ0v) is 24.0. The van der Waals surface area contributed by atoms with Crippen molar-refractivity contribution in [2.24, 2.45) is 0 Å². The summed E-state index contributed by atoms with van der Waals surface area (Å²) >= 11 is -1.65. The molecule has 0 bridgehead atoms. The van der Waals surface area contributed by atoms with Gasteiger partial charge < -0.3 is 0 Å². The first-order valence-electron chi connectivity index (χ1n) is 9.64. The summed E-state index contributed by atoms with van der Waals surface area (Å²) in [4.78, 5) is 18.9. The zero-order valence-electron chi connectivity index (χ0n) is 17.0. The molecular weight excluding hydrogens is 532 g/mol. The van der Waals surface area contributed by atoms with Crippen LogP contribution in [0.3, 0.4) is 0 Å². The number of carbonyl (C=O) groups excluding carboxylic acids is 2. The fourth-order valence-electron chi connectivity index (χ4n) is 2.89. The van der Waals surface area contributed by atoms with Gasteiger partial charge in [0.2, 0.25) is 0 Å². The molecule has 2 amide bonds. The van der Waals surface area contributed by atoms with Gasteiger partial charge in [-0.2, -0.15) is 0 Å². The van der Waals surface area contributed by atoms with Crippen LogP contribution in [-0.4, -0.2) is 30.7 Å². The van der Waals surface area contributed by atoms with E-state index in [4.69, 9.17) is 0 Å². The fraction of sp³-hybridized carbons (Fsp3) is 0.500. The third-order valence-corrected chi connectivity index (χ3v) is 9.95. The molecule has 0 aromatic heterocycles. The van der Waals surface area contributed by atoms with E-state index in [1.165, 1.54) is 51.4 Å². The Morgan fingerprint density at radius 1 is 0.893 bits per heavy atom. The van der Waals surface area contributed by atoms with Crippen LogP contribution in [-0.2, 0) is 32.8 Å². The summed E-state index contributed by atoms with van der Waals surface area (Å²) in [6, 6.07) is 0. The first kappa shape index (κ1) is 30.2. The molecule has 28 heavy (non-hydrogen) atoms. The van der Waals surface area contributed by atoms with Gasteiger partial charge in [0, 0.05) is 0 Å². The molecule has 2 rings (SSSR count). The summed E-state index contributed by atoms with van der Waals surface area (Å²) in [5.74, 6) is 0. The monoisotopic (exact) mass is 562 g/mol. The Morgan fingerprint density at radius 2 is 1.32 bits per heavy atom. The molecule has 0 radical (unpaired) electrons. The van der Waals surface area contributed by atoms with Crippen molar-refractivity contribution in [2.75, 3.05) is 0 Å². The molecule has 0 fully saturated rings. The van der Waals surface area contributed by atoms with E-state index in [2.05, 4.69) is 46.2 Å². The van der Waals surface area contributed by atoms with Gasteiger partial charge >= 0.3 is 179 Å². The number of carbonyl (C=O) groups is 2. The van der Waals surface area contributed by atoms with E-state index in [-0.39, 0.29) is 24.8 Å². The van der Waals surface area contributed by atoms with Crippen molar-refractivity contribution < 1.29 is 32.8 Å². The Labute approximate surface area is 202 Å². The standard InChI is InChI=1S/2C9H13.2CH3NO.2ClH.Ga.Zr.H/c2*1-2-3-6-9-7-4-5-8-9;2*2-1-3;;;;;/h2*4,7H,2-3,5-6H2,1H3;2*1H,(H2,2,3);2*1H;;;/q;;;;;;+2;;/p-2. The number of nitrogens with one attached hydrogen (secondary N) is 2. The van der Waals surface area contributed by atoms with E-state index < -0.39 is 41.1 Å². The van der Waals surface area contributed by atoms with Crippen molar-refractivity contribution in [3.8, 4) is 0 Å². The van der Waals surface area contributed by atoms with Crippen LogP contribution in [0.1, 0.15) is 65.2 Å². The summed E-state index contributed by atoms with van der Waals surface area (Å²) in [7, 11) is 0. The fourth-order valence-corrected chi connectivity index (χ4v) is 7.28. The second kappa shape index (κ2) is 20.3. The quantitative estimate of drug-likeness (QED) is 0.209. The number of halogens is 2. The number of allylic oxidation sites excluding steroid dienone is 8. The van der Waals surface area contributed by atoms with Crippen LogP contribution in [0.25, 0.3) is 0 Å². The molecule has 0 atom stereocenters. The average Bonchev–Trinajstić information content (AvgIpc) is 3.29. The SMILES string of the molecule is CCCCC1=[C]([Zr][C]2=C(CCCC)C=CC2)CC=C1.Cl.Cl.O=C[NH][GaH][NH]C=O. The Morgan fingerprint density at radius 3 is 1.68 bits per heavy atom. The predicted octanol–water partition coefficient (Wildman–Crippen LogP) is 4.47. The maximum absolute atomic E-state index is 9.46. The minimum atomic E-state index is -1.18. The van der Waals surface area contributed by atoms with E-state index >= 15 is 0 Å². The molecule has 0 unspecified atom stereocenters. The molecule has 0 saturated carbocycles. The summed E-state index contributed by atoms with van der Waals surface area (Å²) in [5, 5.41) is 0. The Bertz CT molecular complexity index is 531. The van der Waals surface area contributed by atoms with Crippen molar-refractivity contribution in [1.29, 1.82) is 0 Å². The van der Waals surface area contributed by atoms with Gasteiger partial charge in [0.1, 0.15) is 0 Å². The molecule has 156 valence electrons. The third-order valence-electron chi connectivity index (χ3n) is 4.33. The van der Waals surface area contributed by atoms with Gasteiger partial charge in [0.05, 0.1) is 0 Å². The Balaban J connectivity index is 0. The molecule has 2 aliphatic rings. The molecule has 0 aromatic carbocycles. The van der Waals surface area contributed by atoms with Gasteiger partial charge in [0.15, 0.2) is 0 Å². The van der Waals surface area contributed by atoms with E-state index in [1.54, 1.807) is 11.1 Å². The molecule has 0 aromatic rings. The summed E-state index contributed by atoms with van der Waals surface area (Å²) < 4.78 is 8.56. The van der Waals surface area contributed by atoms with E-state index in [1.807, 2.05) is 6.56 Å². The van der Waals surface area contributed by atoms with Gasteiger partial charge in [-0.05, 0) is 0 Å². The molecule has 0 saturated heterocycles. The van der Waals surface area contributed by atoms with Crippen LogP contribution in [0.4, 0.5) is 0 Å². The number of hydrogen-bond acceptors (Lipinski definition) is 2. The van der Waals surface area contributed by atoms with Gasteiger partial charge in [-0.1, -0.05) is 0 Å². The topological polar surface area (TPSA) is 58.2 Å². The predicted molar refractivity (Wildman–Crippen MR) is 121 cm³/mol. The normalized spacial score (nSPS) is 13.8. The third kappa shape index (κ3) is 12.5. The molecule has 0 spiro atoms. The van der Waals surface area contributed by atoms with Crippen LogP contribution in [0.2, 0.25) is 0 Å². The van der Waals surface area contributed by atoms with Crippen molar-refractivity contribution in [3.63, 3.8) is 0 Å². The maximum atomic E-state index is 9.46. The molecule has 4 nitrogen and oxygen atoms in total. The first-order chi connectivity index (χ1) is 12.8. The Kier molecular flexibility index (Phi) is 21.9. The van der Waals surface area contributed by atoms with E-state index in [9.17, 15) is 9.59 Å². The van der Waals surface area contributed by atoms with Crippen LogP contribution in [0.5, 0.6) is 0 Å². The van der Waals surface area contributed by atoms with Crippen molar-refractivity contribution >= 4 is 55.5 Å². The second-order valence-corrected chi connectivity index (χ2v) is 12.4. The van der Waals surface area contributed by atoms with Crippen molar-refractivity contribution in [2.45, 2.75) is 65.2 Å². The number of amides is 2. The average molecular weight is 565 g/mol. The molecular formula is C20H33Cl2GaN2O2Zr. The zero-order chi connectivity index (χ0) is 19.0. The van der Waals surface area contributed by atoms with Crippen molar-refractivity contribution in [3.05, 3.63) is 42.0 Å². The van der Waals surface area contributed by atoms with Crippen LogP contribution < -0.4 is 8.05 Å². The van der Waals surface area contributed by atoms with Gasteiger partial charge in [0.25, 0.3) is 0 Å². The molecule has 0 aliphatic heterocycles. The summed E-state index contributed by atoms with van der Waals surface area (Å²) in [6.07, 6.45) is 21.4. The minimum absolute atomic E-state index is 0. The molecule has 8 heteroatoms. The van der Waals surface area contributed by atoms with Crippen molar-refractivity contribution in [1.82, 2.24) is 8.05 Å². The van der Waals surface area contributed by atoms with E-state index in [0.29, 0.717) is 12.8 Å². The number of hydrogen-bond donors (Lipinski definition) is 2. The van der Waals surface area contributed by atoms with Crippen LogP contribution in [0.15, 0.2) is 42.0 Å². The van der Waals surface area contributed by atoms with Gasteiger partial charge in [-0.15, -0.1) is 24.8 Å². The van der Waals surface area contributed by atoms with Crippen LogP contribution in [0, 0.1) is 0 Å². The van der Waals surface area contributed by atoms with Crippen LogP contribution >= 0.6 is 24.8 Å². The summed E-state index contributed by atoms with van der Waals surface area (Å²) in [5.41, 5.74) is 3.42. The number of rotatable bonds is 12. The van der Waals surface area contributed by atoms with Gasteiger partial charge in [-0.3, -0.25) is 0 Å². The summed E-state index contributed by atoms with van der Waals surface area (Å²) in [6.45, 7) is 4.59. The number of unbranched alkanes of at least 4 members (excludes halogenated alkanes) is 2. The molecule has 2 N–H and O–H groups in total. The molecule has 2 aliphatic carbocycles.